The molecule has 0 fully saturated rings. The molecular weight excluding hydrogens is 380 g/mol. The van der Waals surface area contributed by atoms with Crippen LogP contribution in [-0.4, -0.2) is 25.6 Å². The number of rotatable bonds is 1. The van der Waals surface area contributed by atoms with E-state index in [1.807, 2.05) is 24.3 Å². The average molecular weight is 392 g/mol. The van der Waals surface area contributed by atoms with Gasteiger partial charge in [-0.1, -0.05) is 6.58 Å². The highest BCUT2D eigenvalue weighted by Crippen LogP contribution is 2.34. The Kier molecular flexibility index (Phi) is 5.02. The second-order valence-corrected chi connectivity index (χ2v) is 6.29. The second-order valence-electron chi connectivity index (χ2n) is 6.29. The summed E-state index contributed by atoms with van der Waals surface area (Å²) in [6.07, 6.45) is 0.154. The molecular formula is C20H12N10. The molecule has 2 aromatic heterocycles. The third-order valence-corrected chi connectivity index (χ3v) is 4.30. The van der Waals surface area contributed by atoms with Gasteiger partial charge in [0.15, 0.2) is 22.8 Å². The van der Waals surface area contributed by atoms with Crippen molar-refractivity contribution in [1.82, 2.24) is 19.9 Å². The van der Waals surface area contributed by atoms with Crippen LogP contribution in [0, 0.1) is 45.3 Å². The Morgan fingerprint density at radius 3 is 1.63 bits per heavy atom. The maximum absolute atomic E-state index is 9.38. The molecule has 2 aromatic rings. The van der Waals surface area contributed by atoms with Crippen molar-refractivity contribution in [3.63, 3.8) is 0 Å². The van der Waals surface area contributed by atoms with E-state index in [1.165, 1.54) is 0 Å². The molecule has 2 N–H and O–H groups in total. The normalized spacial score (nSPS) is 14.2. The fourth-order valence-electron chi connectivity index (χ4n) is 2.71. The molecule has 0 saturated heterocycles. The summed E-state index contributed by atoms with van der Waals surface area (Å²) in [5, 5.41) is 37.4. The average Bonchev–Trinajstić information content (AvgIpc) is 2.85. The number of nitriles is 4. The van der Waals surface area contributed by atoms with E-state index in [4.69, 9.17) is 5.73 Å². The van der Waals surface area contributed by atoms with Crippen LogP contribution < -0.4 is 5.73 Å². The van der Waals surface area contributed by atoms with Crippen molar-refractivity contribution in [2.45, 2.75) is 20.3 Å². The summed E-state index contributed by atoms with van der Waals surface area (Å²) < 4.78 is 0. The minimum atomic E-state index is -0.207. The zero-order chi connectivity index (χ0) is 22.0. The SMILES string of the molecule is C=C1CC(=N/C(C)=C(\C)N)c2nc(C#N)c(C#N)nc2-c2nc(C#N)c(C#N)nc21. The van der Waals surface area contributed by atoms with Crippen LogP contribution in [0.5, 0.6) is 0 Å². The van der Waals surface area contributed by atoms with Crippen molar-refractivity contribution in [3.8, 4) is 35.7 Å². The lowest BCUT2D eigenvalue weighted by molar-refractivity contribution is 1.07. The number of hydrogen-bond acceptors (Lipinski definition) is 10. The summed E-state index contributed by atoms with van der Waals surface area (Å²) in [4.78, 5) is 21.5. The Morgan fingerprint density at radius 2 is 1.20 bits per heavy atom. The molecule has 0 aromatic carbocycles. The van der Waals surface area contributed by atoms with Crippen LogP contribution >= 0.6 is 0 Å². The molecule has 2 heterocycles. The Labute approximate surface area is 171 Å². The number of nitrogens with zero attached hydrogens (tertiary/aromatic N) is 9. The number of aromatic nitrogens is 4. The predicted molar refractivity (Wildman–Crippen MR) is 105 cm³/mol. The Morgan fingerprint density at radius 1 is 0.800 bits per heavy atom. The van der Waals surface area contributed by atoms with Gasteiger partial charge in [-0.2, -0.15) is 21.0 Å². The van der Waals surface area contributed by atoms with E-state index < -0.39 is 0 Å². The van der Waals surface area contributed by atoms with E-state index in [-0.39, 0.29) is 52.0 Å². The molecule has 1 aliphatic rings. The van der Waals surface area contributed by atoms with Crippen molar-refractivity contribution < 1.29 is 0 Å². The Balaban J connectivity index is 2.49. The summed E-state index contributed by atoms with van der Waals surface area (Å²) in [6, 6.07) is 7.34. The number of aliphatic imine (C=N–C) groups is 1. The summed E-state index contributed by atoms with van der Waals surface area (Å²) in [6.45, 7) is 7.41. The van der Waals surface area contributed by atoms with Crippen LogP contribution in [0.2, 0.25) is 0 Å². The molecule has 30 heavy (non-hydrogen) atoms. The minimum absolute atomic E-state index is 0.119. The second kappa shape index (κ2) is 7.59. The largest absolute Gasteiger partial charge is 0.401 e. The van der Waals surface area contributed by atoms with Gasteiger partial charge in [0, 0.05) is 12.1 Å². The van der Waals surface area contributed by atoms with Gasteiger partial charge < -0.3 is 5.73 Å². The van der Waals surface area contributed by atoms with E-state index in [1.54, 1.807) is 13.8 Å². The number of fused-ring (bicyclic) bond motifs is 3. The van der Waals surface area contributed by atoms with Gasteiger partial charge in [-0.15, -0.1) is 0 Å². The molecule has 1 aliphatic carbocycles. The van der Waals surface area contributed by atoms with Gasteiger partial charge in [0.25, 0.3) is 0 Å². The third-order valence-electron chi connectivity index (χ3n) is 4.30. The van der Waals surface area contributed by atoms with Crippen LogP contribution in [0.25, 0.3) is 17.0 Å². The van der Waals surface area contributed by atoms with Crippen molar-refractivity contribution in [2.24, 2.45) is 10.7 Å². The fourth-order valence-corrected chi connectivity index (χ4v) is 2.71. The van der Waals surface area contributed by atoms with Gasteiger partial charge in [-0.25, -0.2) is 19.9 Å². The number of hydrogen-bond donors (Lipinski definition) is 1. The van der Waals surface area contributed by atoms with Crippen LogP contribution in [-0.2, 0) is 0 Å². The lowest BCUT2D eigenvalue weighted by atomic mass is 10.1. The first-order valence-electron chi connectivity index (χ1n) is 8.48. The van der Waals surface area contributed by atoms with E-state index in [9.17, 15) is 21.0 Å². The molecule has 0 radical (unpaired) electrons. The maximum atomic E-state index is 9.38. The van der Waals surface area contributed by atoms with E-state index in [0.717, 1.165) is 0 Å². The summed E-state index contributed by atoms with van der Waals surface area (Å²) in [5.41, 5.74) is 7.64. The van der Waals surface area contributed by atoms with Crippen molar-refractivity contribution >= 4 is 11.3 Å². The molecule has 10 heteroatoms. The molecule has 0 atom stereocenters. The summed E-state index contributed by atoms with van der Waals surface area (Å²) in [7, 11) is 0. The molecule has 0 aliphatic heterocycles. The third kappa shape index (κ3) is 3.22. The predicted octanol–water partition coefficient (Wildman–Crippen LogP) is 1.84. The highest BCUT2D eigenvalue weighted by Gasteiger charge is 2.29. The lowest BCUT2D eigenvalue weighted by Crippen LogP contribution is -2.11. The van der Waals surface area contributed by atoms with Crippen LogP contribution in [0.4, 0.5) is 0 Å². The standard InChI is InChI=1S/C20H12N10/c1-9-4-12(26-11(3)10(2)25)18-20(30-16(8-24)14(6-22)28-18)19-17(9)27-13(5-21)15(7-23)29-19/h1,4,25H2,2-3H3/b11-10+,26-12?. The quantitative estimate of drug-likeness (QED) is 0.755. The highest BCUT2D eigenvalue weighted by atomic mass is 14.9. The Bertz CT molecular complexity index is 1350. The van der Waals surface area contributed by atoms with Crippen molar-refractivity contribution in [3.05, 3.63) is 52.1 Å². The van der Waals surface area contributed by atoms with Crippen LogP contribution in [0.3, 0.4) is 0 Å². The van der Waals surface area contributed by atoms with Crippen molar-refractivity contribution in [1.29, 1.82) is 21.0 Å². The van der Waals surface area contributed by atoms with E-state index in [2.05, 4.69) is 31.5 Å². The summed E-state index contributed by atoms with van der Waals surface area (Å²) in [5.74, 6) is 0. The fraction of sp³-hybridized carbons (Fsp3) is 0.150. The maximum Gasteiger partial charge on any atom is 0.177 e. The van der Waals surface area contributed by atoms with Crippen LogP contribution in [0.15, 0.2) is 23.0 Å². The number of allylic oxidation sites excluding steroid dienone is 3. The molecule has 142 valence electrons. The van der Waals surface area contributed by atoms with Crippen molar-refractivity contribution in [2.75, 3.05) is 0 Å². The lowest BCUT2D eigenvalue weighted by Gasteiger charge is -2.09. The highest BCUT2D eigenvalue weighted by molar-refractivity contribution is 6.11. The van der Waals surface area contributed by atoms with Gasteiger partial charge in [0.1, 0.15) is 41.4 Å². The van der Waals surface area contributed by atoms with Gasteiger partial charge in [0.05, 0.1) is 17.1 Å². The topological polar surface area (TPSA) is 185 Å². The molecule has 3 rings (SSSR count). The van der Waals surface area contributed by atoms with Crippen LogP contribution in [0.1, 0.15) is 54.4 Å². The van der Waals surface area contributed by atoms with Gasteiger partial charge in [-0.05, 0) is 19.4 Å². The van der Waals surface area contributed by atoms with E-state index >= 15 is 0 Å². The molecule has 10 nitrogen and oxygen atoms in total. The smallest absolute Gasteiger partial charge is 0.177 e. The molecule has 0 unspecified atom stereocenters. The monoisotopic (exact) mass is 392 g/mol. The molecule has 0 saturated carbocycles. The molecule has 0 spiro atoms. The molecule has 0 amide bonds. The first kappa shape index (κ1) is 19.8. The zero-order valence-corrected chi connectivity index (χ0v) is 16.0. The minimum Gasteiger partial charge on any atom is -0.401 e. The van der Waals surface area contributed by atoms with Gasteiger partial charge in [0.2, 0.25) is 0 Å². The Hall–Kier alpha value is -4.93. The first-order chi connectivity index (χ1) is 14.3. The van der Waals surface area contributed by atoms with E-state index in [0.29, 0.717) is 22.7 Å². The molecule has 0 bridgehead atoms. The number of nitrogens with two attached hydrogens (primary N) is 1. The van der Waals surface area contributed by atoms with Gasteiger partial charge >= 0.3 is 0 Å². The first-order valence-corrected chi connectivity index (χ1v) is 8.48. The zero-order valence-electron chi connectivity index (χ0n) is 16.0. The summed E-state index contributed by atoms with van der Waals surface area (Å²) >= 11 is 0. The van der Waals surface area contributed by atoms with Gasteiger partial charge in [-0.3, -0.25) is 4.99 Å².